The molecule has 0 bridgehead atoms. The smallest absolute Gasteiger partial charge is 0.0474 e. The summed E-state index contributed by atoms with van der Waals surface area (Å²) >= 11 is 6.40. The summed E-state index contributed by atoms with van der Waals surface area (Å²) in [7, 11) is 0. The van der Waals surface area contributed by atoms with E-state index >= 15 is 0 Å². The van der Waals surface area contributed by atoms with Gasteiger partial charge in [-0.25, -0.2) is 0 Å². The van der Waals surface area contributed by atoms with Crippen molar-refractivity contribution >= 4 is 23.0 Å². The van der Waals surface area contributed by atoms with Crippen LogP contribution in [0.15, 0.2) is 42.5 Å². The van der Waals surface area contributed by atoms with Crippen molar-refractivity contribution in [1.29, 1.82) is 0 Å². The molecule has 2 aromatic rings. The molecule has 1 heterocycles. The monoisotopic (exact) mass is 300 g/mol. The van der Waals surface area contributed by atoms with Crippen molar-refractivity contribution in [2.45, 2.75) is 32.2 Å². The van der Waals surface area contributed by atoms with Gasteiger partial charge in [0.15, 0.2) is 0 Å². The molecule has 0 aliphatic carbocycles. The summed E-state index contributed by atoms with van der Waals surface area (Å²) in [6.45, 7) is 2.99. The molecule has 0 fully saturated rings. The number of benzene rings is 2. The lowest BCUT2D eigenvalue weighted by Gasteiger charge is -2.26. The number of anilines is 2. The fourth-order valence-electron chi connectivity index (χ4n) is 3.01. The van der Waals surface area contributed by atoms with Crippen molar-refractivity contribution in [3.63, 3.8) is 0 Å². The molecule has 2 aromatic carbocycles. The van der Waals surface area contributed by atoms with E-state index in [9.17, 15) is 0 Å². The van der Waals surface area contributed by atoms with Crippen LogP contribution in [0.3, 0.4) is 0 Å². The first-order valence-corrected chi connectivity index (χ1v) is 7.95. The molecule has 1 aliphatic rings. The zero-order chi connectivity index (χ0) is 14.8. The van der Waals surface area contributed by atoms with Crippen molar-refractivity contribution in [2.24, 2.45) is 5.73 Å². The molecule has 1 unspecified atom stereocenters. The van der Waals surface area contributed by atoms with Crippen LogP contribution in [0, 0.1) is 0 Å². The molecule has 1 atom stereocenters. The van der Waals surface area contributed by atoms with E-state index in [0.29, 0.717) is 0 Å². The van der Waals surface area contributed by atoms with Gasteiger partial charge in [0.2, 0.25) is 0 Å². The van der Waals surface area contributed by atoms with Crippen LogP contribution in [0.2, 0.25) is 5.02 Å². The van der Waals surface area contributed by atoms with Gasteiger partial charge in [-0.1, -0.05) is 35.9 Å². The van der Waals surface area contributed by atoms with Gasteiger partial charge in [0, 0.05) is 29.0 Å². The Bertz CT molecular complexity index is 637. The molecule has 0 saturated heterocycles. The highest BCUT2D eigenvalue weighted by Gasteiger charge is 2.17. The molecule has 1 aliphatic heterocycles. The van der Waals surface area contributed by atoms with Gasteiger partial charge < -0.3 is 10.6 Å². The molecular formula is C18H21ClN2. The Labute approximate surface area is 131 Å². The number of aryl methyl sites for hydroxylation is 1. The van der Waals surface area contributed by atoms with Crippen molar-refractivity contribution < 1.29 is 0 Å². The van der Waals surface area contributed by atoms with Gasteiger partial charge in [0.05, 0.1) is 0 Å². The molecule has 2 N–H and O–H groups in total. The van der Waals surface area contributed by atoms with Crippen LogP contribution >= 0.6 is 11.6 Å². The number of nitrogens with zero attached hydrogens (tertiary/aromatic N) is 1. The van der Waals surface area contributed by atoms with Crippen molar-refractivity contribution in [3.05, 3.63) is 58.6 Å². The summed E-state index contributed by atoms with van der Waals surface area (Å²) in [5.74, 6) is 0. The Kier molecular flexibility index (Phi) is 4.18. The normalized spacial score (nSPS) is 16.2. The Hall–Kier alpha value is -1.51. The van der Waals surface area contributed by atoms with Crippen LogP contribution in [0.25, 0.3) is 0 Å². The van der Waals surface area contributed by atoms with E-state index in [1.165, 1.54) is 24.1 Å². The summed E-state index contributed by atoms with van der Waals surface area (Å²) in [5.41, 5.74) is 10.8. The maximum absolute atomic E-state index is 6.40. The van der Waals surface area contributed by atoms with Crippen molar-refractivity contribution in [3.8, 4) is 0 Å². The number of para-hydroxylation sites is 1. The minimum Gasteiger partial charge on any atom is -0.341 e. The zero-order valence-electron chi connectivity index (χ0n) is 12.3. The lowest BCUT2D eigenvalue weighted by atomic mass is 10.1. The Morgan fingerprint density at radius 1 is 1.14 bits per heavy atom. The average molecular weight is 301 g/mol. The fourth-order valence-corrected chi connectivity index (χ4v) is 3.36. The molecule has 110 valence electrons. The first kappa shape index (κ1) is 14.4. The lowest BCUT2D eigenvalue weighted by molar-refractivity contribution is 0.760. The number of hydrogen-bond acceptors (Lipinski definition) is 2. The highest BCUT2D eigenvalue weighted by atomic mass is 35.5. The van der Waals surface area contributed by atoms with E-state index in [0.717, 1.165) is 29.2 Å². The summed E-state index contributed by atoms with van der Waals surface area (Å²) < 4.78 is 0. The Morgan fingerprint density at radius 3 is 2.71 bits per heavy atom. The van der Waals surface area contributed by atoms with E-state index < -0.39 is 0 Å². The van der Waals surface area contributed by atoms with E-state index in [-0.39, 0.29) is 6.04 Å². The second-order valence-corrected chi connectivity index (χ2v) is 6.14. The van der Waals surface area contributed by atoms with E-state index in [1.54, 1.807) is 0 Å². The van der Waals surface area contributed by atoms with Crippen molar-refractivity contribution in [2.75, 3.05) is 11.4 Å². The molecule has 0 spiro atoms. The third-order valence-electron chi connectivity index (χ3n) is 4.15. The number of hydrogen-bond donors (Lipinski definition) is 1. The first-order valence-electron chi connectivity index (χ1n) is 7.57. The van der Waals surface area contributed by atoms with Gasteiger partial charge in [-0.15, -0.1) is 0 Å². The molecule has 0 aromatic heterocycles. The van der Waals surface area contributed by atoms with Crippen LogP contribution < -0.4 is 10.6 Å². The molecule has 0 saturated carbocycles. The average Bonchev–Trinajstić information content (AvgIpc) is 2.69. The molecule has 3 heteroatoms. The van der Waals surface area contributed by atoms with Crippen LogP contribution in [0.4, 0.5) is 11.4 Å². The Balaban J connectivity index is 2.02. The minimum atomic E-state index is -0.0389. The van der Waals surface area contributed by atoms with Crippen LogP contribution in [0.5, 0.6) is 0 Å². The second-order valence-electron chi connectivity index (χ2n) is 5.73. The largest absolute Gasteiger partial charge is 0.341 e. The quantitative estimate of drug-likeness (QED) is 0.860. The maximum Gasteiger partial charge on any atom is 0.0474 e. The Morgan fingerprint density at radius 2 is 1.95 bits per heavy atom. The molecule has 0 radical (unpaired) electrons. The third kappa shape index (κ3) is 2.92. The van der Waals surface area contributed by atoms with Crippen LogP contribution in [-0.4, -0.2) is 6.54 Å². The first-order chi connectivity index (χ1) is 10.2. The summed E-state index contributed by atoms with van der Waals surface area (Å²) in [5, 5.41) is 0.754. The van der Waals surface area contributed by atoms with Gasteiger partial charge in [-0.05, 0) is 55.5 Å². The van der Waals surface area contributed by atoms with Crippen LogP contribution in [0.1, 0.15) is 36.9 Å². The fraction of sp³-hybridized carbons (Fsp3) is 0.333. The van der Waals surface area contributed by atoms with E-state index in [1.807, 2.05) is 13.0 Å². The molecule has 0 amide bonds. The zero-order valence-corrected chi connectivity index (χ0v) is 13.1. The highest BCUT2D eigenvalue weighted by molar-refractivity contribution is 6.31. The SMILES string of the molecule is CC(N)c1ccc(N2CCCCc3ccccc32)cc1Cl. The van der Waals surface area contributed by atoms with Crippen LogP contribution in [-0.2, 0) is 6.42 Å². The summed E-state index contributed by atoms with van der Waals surface area (Å²) in [6.07, 6.45) is 3.58. The lowest BCUT2D eigenvalue weighted by Crippen LogP contribution is -2.18. The van der Waals surface area contributed by atoms with Gasteiger partial charge in [-0.3, -0.25) is 0 Å². The van der Waals surface area contributed by atoms with Gasteiger partial charge in [0.1, 0.15) is 0 Å². The van der Waals surface area contributed by atoms with Crippen molar-refractivity contribution in [1.82, 2.24) is 0 Å². The molecular weight excluding hydrogens is 280 g/mol. The number of rotatable bonds is 2. The topological polar surface area (TPSA) is 29.3 Å². The van der Waals surface area contributed by atoms with Gasteiger partial charge in [-0.2, -0.15) is 0 Å². The standard InChI is InChI=1S/C18H21ClN2/c1-13(20)16-10-9-15(12-17(16)19)21-11-5-4-7-14-6-2-3-8-18(14)21/h2-3,6,8-10,12-13H,4-5,7,11,20H2,1H3. The predicted octanol–water partition coefficient (Wildman–Crippen LogP) is 4.83. The van der Waals surface area contributed by atoms with E-state index in [4.69, 9.17) is 17.3 Å². The minimum absolute atomic E-state index is 0.0389. The maximum atomic E-state index is 6.40. The van der Waals surface area contributed by atoms with Gasteiger partial charge in [0.25, 0.3) is 0 Å². The third-order valence-corrected chi connectivity index (χ3v) is 4.47. The number of halogens is 1. The number of nitrogens with two attached hydrogens (primary N) is 1. The number of fused-ring (bicyclic) bond motifs is 1. The predicted molar refractivity (Wildman–Crippen MR) is 90.4 cm³/mol. The summed E-state index contributed by atoms with van der Waals surface area (Å²) in [6, 6.07) is 14.8. The molecule has 3 rings (SSSR count). The highest BCUT2D eigenvalue weighted by Crippen LogP contribution is 2.35. The van der Waals surface area contributed by atoms with E-state index in [2.05, 4.69) is 41.3 Å². The van der Waals surface area contributed by atoms with Gasteiger partial charge >= 0.3 is 0 Å². The summed E-state index contributed by atoms with van der Waals surface area (Å²) in [4.78, 5) is 2.37. The molecule has 2 nitrogen and oxygen atoms in total. The molecule has 21 heavy (non-hydrogen) atoms. The second kappa shape index (κ2) is 6.08.